The van der Waals surface area contributed by atoms with Crippen LogP contribution in [0.5, 0.6) is 0 Å². The highest BCUT2D eigenvalue weighted by Crippen LogP contribution is 2.38. The van der Waals surface area contributed by atoms with Crippen LogP contribution >= 0.6 is 11.3 Å². The molecule has 1 saturated carbocycles. The summed E-state index contributed by atoms with van der Waals surface area (Å²) in [7, 11) is -3.92. The second-order valence-electron chi connectivity index (χ2n) is 10.8. The lowest BCUT2D eigenvalue weighted by atomic mass is 9.74. The number of nitrogens with zero attached hydrogens (tertiary/aromatic N) is 2. The molecule has 2 aliphatic heterocycles. The van der Waals surface area contributed by atoms with Gasteiger partial charge in [-0.2, -0.15) is 4.72 Å². The van der Waals surface area contributed by atoms with Gasteiger partial charge in [-0.25, -0.2) is 8.42 Å². The van der Waals surface area contributed by atoms with E-state index in [1.165, 1.54) is 6.42 Å². The quantitative estimate of drug-likeness (QED) is 0.386. The van der Waals surface area contributed by atoms with Crippen molar-refractivity contribution in [3.8, 4) is 0 Å². The Bertz CT molecular complexity index is 1320. The Balaban J connectivity index is 1.27. The molecular weight excluding hydrogens is 524 g/mol. The van der Waals surface area contributed by atoms with Crippen LogP contribution in [0.25, 0.3) is 10.1 Å². The van der Waals surface area contributed by atoms with Gasteiger partial charge in [0.2, 0.25) is 21.8 Å². The third-order valence-corrected chi connectivity index (χ3v) is 10.6. The molecule has 38 heavy (non-hydrogen) atoms. The largest absolute Gasteiger partial charge is 0.370 e. The number of nitrogens with one attached hydrogen (secondary N) is 3. The van der Waals surface area contributed by atoms with Crippen LogP contribution in [-0.2, 0) is 19.6 Å². The van der Waals surface area contributed by atoms with Crippen LogP contribution in [0, 0.1) is 17.8 Å². The number of amides is 2. The fourth-order valence-corrected chi connectivity index (χ4v) is 7.62. The van der Waals surface area contributed by atoms with E-state index < -0.39 is 16.1 Å². The summed E-state index contributed by atoms with van der Waals surface area (Å²) in [6.07, 6.45) is 4.58. The molecule has 206 valence electrons. The molecule has 3 aliphatic rings. The summed E-state index contributed by atoms with van der Waals surface area (Å²) in [5.41, 5.74) is 5.72. The highest BCUT2D eigenvalue weighted by molar-refractivity contribution is 7.89. The second kappa shape index (κ2) is 11.2. The first-order valence-corrected chi connectivity index (χ1v) is 15.7. The number of guanidine groups is 1. The fraction of sp³-hybridized carbons (Fsp3) is 0.577. The first kappa shape index (κ1) is 26.9. The molecule has 1 aliphatic carbocycles. The van der Waals surface area contributed by atoms with Crippen molar-refractivity contribution >= 4 is 49.2 Å². The van der Waals surface area contributed by atoms with Crippen LogP contribution in [0.15, 0.2) is 39.5 Å². The van der Waals surface area contributed by atoms with E-state index in [9.17, 15) is 18.0 Å². The molecule has 2 fully saturated rings. The van der Waals surface area contributed by atoms with Gasteiger partial charge in [-0.05, 0) is 66.6 Å². The summed E-state index contributed by atoms with van der Waals surface area (Å²) >= 11 is 1.55. The van der Waals surface area contributed by atoms with Gasteiger partial charge in [-0.15, -0.1) is 11.3 Å². The van der Waals surface area contributed by atoms with E-state index in [0.717, 1.165) is 29.3 Å². The molecule has 1 aromatic heterocycles. The highest BCUT2D eigenvalue weighted by atomic mass is 32.2. The standard InChI is InChI=1S/C26H36N6O4S2/c1-16-20(13-29-26(27)30-16)12-28-24(33)15-32-14-19(17-3-2-4-17)5-7-22(25(32)34)31-38(35,36)21-6-8-23-18(11-21)9-10-37-23/h6,8-11,16-17,19-20,22,31H,2-5,7,12-15H2,1H3,(H,28,33)(H3,27,29,30)/t16-,19-,20-,22-/m0/s1. The van der Waals surface area contributed by atoms with Crippen LogP contribution in [0.1, 0.15) is 39.0 Å². The van der Waals surface area contributed by atoms with E-state index in [0.29, 0.717) is 37.9 Å². The Morgan fingerprint density at radius 1 is 1.21 bits per heavy atom. The molecule has 5 rings (SSSR count). The zero-order valence-corrected chi connectivity index (χ0v) is 23.2. The second-order valence-corrected chi connectivity index (χ2v) is 13.4. The molecule has 10 nitrogen and oxygen atoms in total. The lowest BCUT2D eigenvalue weighted by Crippen LogP contribution is -2.53. The van der Waals surface area contributed by atoms with E-state index in [1.54, 1.807) is 34.4 Å². The van der Waals surface area contributed by atoms with Crippen molar-refractivity contribution in [3.05, 3.63) is 29.6 Å². The molecule has 0 spiro atoms. The molecule has 0 radical (unpaired) electrons. The fourth-order valence-electron chi connectivity index (χ4n) is 5.59. The van der Waals surface area contributed by atoms with Crippen molar-refractivity contribution in [3.63, 3.8) is 0 Å². The summed E-state index contributed by atoms with van der Waals surface area (Å²) in [5.74, 6) is 0.674. The van der Waals surface area contributed by atoms with Crippen molar-refractivity contribution < 1.29 is 18.0 Å². The van der Waals surface area contributed by atoms with Crippen LogP contribution in [0.4, 0.5) is 0 Å². The zero-order valence-electron chi connectivity index (χ0n) is 21.6. The SMILES string of the molecule is C[C@@H]1NC(N)=NC[C@@H]1CNC(=O)CN1C[C@@H](C2CCC2)CC[C@H](NS(=O)(=O)c2ccc3sccc3c2)C1=O. The third-order valence-electron chi connectivity index (χ3n) is 8.21. The Kier molecular flexibility index (Phi) is 7.92. The molecule has 3 heterocycles. The molecule has 4 atom stereocenters. The molecule has 2 aromatic rings. The van der Waals surface area contributed by atoms with Crippen molar-refractivity contribution in [1.82, 2.24) is 20.3 Å². The van der Waals surface area contributed by atoms with E-state index in [1.807, 2.05) is 18.4 Å². The van der Waals surface area contributed by atoms with Crippen LogP contribution < -0.4 is 21.1 Å². The predicted molar refractivity (Wildman–Crippen MR) is 148 cm³/mol. The van der Waals surface area contributed by atoms with E-state index in [4.69, 9.17) is 5.73 Å². The number of carbonyl (C=O) groups excluding carboxylic acids is 2. The van der Waals surface area contributed by atoms with Gasteiger partial charge in [0.15, 0.2) is 5.96 Å². The molecule has 1 aromatic carbocycles. The van der Waals surface area contributed by atoms with Crippen molar-refractivity contribution in [2.45, 2.75) is 56.0 Å². The summed E-state index contributed by atoms with van der Waals surface area (Å²) in [4.78, 5) is 32.4. The number of rotatable bonds is 8. The molecule has 5 N–H and O–H groups in total. The zero-order chi connectivity index (χ0) is 26.9. The van der Waals surface area contributed by atoms with Crippen molar-refractivity contribution in [2.75, 3.05) is 26.2 Å². The van der Waals surface area contributed by atoms with Crippen LogP contribution in [0.3, 0.4) is 0 Å². The van der Waals surface area contributed by atoms with Crippen LogP contribution in [0.2, 0.25) is 0 Å². The normalized spacial score (nSPS) is 26.8. The molecular formula is C26H36N6O4S2. The smallest absolute Gasteiger partial charge is 0.241 e. The van der Waals surface area contributed by atoms with Gasteiger partial charge in [0.1, 0.15) is 6.04 Å². The van der Waals surface area contributed by atoms with Crippen LogP contribution in [-0.4, -0.2) is 69.4 Å². The number of carbonyl (C=O) groups is 2. The molecule has 2 amide bonds. The monoisotopic (exact) mass is 560 g/mol. The number of likely N-dealkylation sites (tertiary alicyclic amines) is 1. The minimum atomic E-state index is -3.92. The molecule has 0 unspecified atom stereocenters. The lowest BCUT2D eigenvalue weighted by Gasteiger charge is -2.35. The summed E-state index contributed by atoms with van der Waals surface area (Å²) < 4.78 is 30.2. The maximum Gasteiger partial charge on any atom is 0.241 e. The first-order chi connectivity index (χ1) is 18.2. The number of aliphatic imine (C=N–C) groups is 1. The lowest BCUT2D eigenvalue weighted by molar-refractivity contribution is -0.137. The van der Waals surface area contributed by atoms with Gasteiger partial charge >= 0.3 is 0 Å². The Labute approximate surface area is 227 Å². The molecule has 1 saturated heterocycles. The number of nitrogens with two attached hydrogens (primary N) is 1. The minimum absolute atomic E-state index is 0.0719. The van der Waals surface area contributed by atoms with Gasteiger partial charge in [-0.1, -0.05) is 19.3 Å². The minimum Gasteiger partial charge on any atom is -0.370 e. The number of fused-ring (bicyclic) bond motifs is 1. The Hall–Kier alpha value is -2.70. The van der Waals surface area contributed by atoms with Crippen molar-refractivity contribution in [1.29, 1.82) is 0 Å². The molecule has 12 heteroatoms. The van der Waals surface area contributed by atoms with Gasteiger partial charge in [0.05, 0.1) is 11.4 Å². The number of hydrogen-bond donors (Lipinski definition) is 4. The predicted octanol–water partition coefficient (Wildman–Crippen LogP) is 1.63. The van der Waals surface area contributed by atoms with E-state index >= 15 is 0 Å². The molecule has 0 bridgehead atoms. The topological polar surface area (TPSA) is 146 Å². The van der Waals surface area contributed by atoms with Gasteiger partial charge in [0.25, 0.3) is 0 Å². The maximum absolute atomic E-state index is 13.6. The number of benzene rings is 1. The summed E-state index contributed by atoms with van der Waals surface area (Å²) in [6.45, 7) is 3.30. The maximum atomic E-state index is 13.6. The van der Waals surface area contributed by atoms with Gasteiger partial charge < -0.3 is 21.3 Å². The average Bonchev–Trinajstić information content (AvgIpc) is 3.26. The average molecular weight is 561 g/mol. The highest BCUT2D eigenvalue weighted by Gasteiger charge is 2.38. The first-order valence-electron chi connectivity index (χ1n) is 13.3. The summed E-state index contributed by atoms with van der Waals surface area (Å²) in [5, 5.41) is 8.79. The van der Waals surface area contributed by atoms with E-state index in [-0.39, 0.29) is 41.1 Å². The summed E-state index contributed by atoms with van der Waals surface area (Å²) in [6, 6.07) is 6.04. The Morgan fingerprint density at radius 2 is 2.03 bits per heavy atom. The number of hydrogen-bond acceptors (Lipinski definition) is 8. The van der Waals surface area contributed by atoms with E-state index in [2.05, 4.69) is 20.3 Å². The third kappa shape index (κ3) is 5.97. The van der Waals surface area contributed by atoms with Crippen molar-refractivity contribution in [2.24, 2.45) is 28.5 Å². The van der Waals surface area contributed by atoms with Gasteiger partial charge in [0, 0.05) is 36.3 Å². The Morgan fingerprint density at radius 3 is 2.76 bits per heavy atom. The van der Waals surface area contributed by atoms with Gasteiger partial charge in [-0.3, -0.25) is 14.6 Å². The number of thiophene rings is 1. The number of sulfonamides is 1.